The number of hydrogen-bond donors (Lipinski definition) is 2. The van der Waals surface area contributed by atoms with Crippen molar-refractivity contribution in [2.75, 3.05) is 12.3 Å². The molecule has 1 aliphatic carbocycles. The summed E-state index contributed by atoms with van der Waals surface area (Å²) in [6.45, 7) is 6.94. The minimum absolute atomic E-state index is 0.139. The van der Waals surface area contributed by atoms with Crippen molar-refractivity contribution < 1.29 is 8.42 Å². The number of hydrogen-bond acceptors (Lipinski definition) is 3. The molecule has 0 aliphatic heterocycles. The van der Waals surface area contributed by atoms with Crippen LogP contribution >= 0.6 is 0 Å². The van der Waals surface area contributed by atoms with Crippen LogP contribution in [-0.4, -0.2) is 32.8 Å². The van der Waals surface area contributed by atoms with Crippen molar-refractivity contribution in [1.29, 1.82) is 0 Å². The second kappa shape index (κ2) is 7.46. The van der Waals surface area contributed by atoms with Gasteiger partial charge in [0, 0.05) is 12.1 Å². The molecule has 0 spiro atoms. The van der Waals surface area contributed by atoms with Gasteiger partial charge in [0.1, 0.15) is 0 Å². The summed E-state index contributed by atoms with van der Waals surface area (Å²) in [7, 11) is -3.10. The zero-order valence-electron chi connectivity index (χ0n) is 11.9. The molecule has 1 rings (SSSR count). The van der Waals surface area contributed by atoms with E-state index in [-0.39, 0.29) is 11.8 Å². The Hall–Kier alpha value is -0.130. The molecule has 0 saturated heterocycles. The molecule has 5 heteroatoms. The average molecular weight is 276 g/mol. The van der Waals surface area contributed by atoms with Crippen LogP contribution < -0.4 is 10.0 Å². The zero-order valence-corrected chi connectivity index (χ0v) is 12.7. The van der Waals surface area contributed by atoms with E-state index in [4.69, 9.17) is 0 Å². The van der Waals surface area contributed by atoms with Crippen LogP contribution in [0.15, 0.2) is 0 Å². The van der Waals surface area contributed by atoms with Gasteiger partial charge in [-0.15, -0.1) is 0 Å². The zero-order chi connectivity index (χ0) is 13.6. The van der Waals surface area contributed by atoms with Gasteiger partial charge in [0.15, 0.2) is 0 Å². The van der Waals surface area contributed by atoms with Crippen LogP contribution in [0.4, 0.5) is 0 Å². The Kier molecular flexibility index (Phi) is 6.60. The Morgan fingerprint density at radius 3 is 2.44 bits per heavy atom. The van der Waals surface area contributed by atoms with Crippen molar-refractivity contribution >= 4 is 10.0 Å². The summed E-state index contributed by atoms with van der Waals surface area (Å²) in [6, 6.07) is 0.555. The second-order valence-electron chi connectivity index (χ2n) is 5.68. The van der Waals surface area contributed by atoms with Gasteiger partial charge in [-0.05, 0) is 31.7 Å². The van der Waals surface area contributed by atoms with Crippen LogP contribution in [0.3, 0.4) is 0 Å². The smallest absolute Gasteiger partial charge is 0.211 e. The third-order valence-corrected chi connectivity index (χ3v) is 4.81. The first-order chi connectivity index (χ1) is 8.43. The molecule has 1 unspecified atom stereocenters. The summed E-state index contributed by atoms with van der Waals surface area (Å²) in [6.07, 6.45) is 5.13. The molecule has 0 radical (unpaired) electrons. The highest BCUT2D eigenvalue weighted by Crippen LogP contribution is 2.34. The minimum atomic E-state index is -3.10. The van der Waals surface area contributed by atoms with Crippen LogP contribution in [0.1, 0.15) is 52.9 Å². The molecule has 0 heterocycles. The van der Waals surface area contributed by atoms with Gasteiger partial charge in [-0.2, -0.15) is 0 Å². The van der Waals surface area contributed by atoms with Crippen LogP contribution in [0.25, 0.3) is 0 Å². The van der Waals surface area contributed by atoms with Crippen molar-refractivity contribution in [2.45, 2.75) is 65.0 Å². The first-order valence-corrected chi connectivity index (χ1v) is 8.81. The van der Waals surface area contributed by atoms with Gasteiger partial charge in [0.25, 0.3) is 0 Å². The third-order valence-electron chi connectivity index (χ3n) is 3.30. The van der Waals surface area contributed by atoms with Crippen molar-refractivity contribution in [3.63, 3.8) is 0 Å². The van der Waals surface area contributed by atoms with E-state index in [9.17, 15) is 8.42 Å². The van der Waals surface area contributed by atoms with Gasteiger partial charge < -0.3 is 5.32 Å². The largest absolute Gasteiger partial charge is 0.314 e. The van der Waals surface area contributed by atoms with Crippen molar-refractivity contribution in [3.05, 3.63) is 0 Å². The molecule has 4 nitrogen and oxygen atoms in total. The molecule has 18 heavy (non-hydrogen) atoms. The van der Waals surface area contributed by atoms with Gasteiger partial charge in [0.2, 0.25) is 10.0 Å². The summed E-state index contributed by atoms with van der Waals surface area (Å²) in [4.78, 5) is 0. The van der Waals surface area contributed by atoms with Gasteiger partial charge in [-0.25, -0.2) is 13.1 Å². The van der Waals surface area contributed by atoms with Gasteiger partial charge >= 0.3 is 0 Å². The predicted molar refractivity (Wildman–Crippen MR) is 76.1 cm³/mol. The summed E-state index contributed by atoms with van der Waals surface area (Å²) < 4.78 is 26.7. The molecule has 2 N–H and O–H groups in total. The normalized spacial score (nSPS) is 18.2. The molecule has 0 bridgehead atoms. The molecule has 1 saturated carbocycles. The number of sulfonamides is 1. The molecule has 0 amide bonds. The minimum Gasteiger partial charge on any atom is -0.314 e. The lowest BCUT2D eigenvalue weighted by Gasteiger charge is -2.17. The maximum Gasteiger partial charge on any atom is 0.211 e. The molecule has 0 aromatic heterocycles. The lowest BCUT2D eigenvalue weighted by molar-refractivity contribution is 0.493. The molecule has 0 aromatic rings. The first-order valence-electron chi connectivity index (χ1n) is 7.16. The lowest BCUT2D eigenvalue weighted by Crippen LogP contribution is -2.37. The first kappa shape index (κ1) is 15.9. The summed E-state index contributed by atoms with van der Waals surface area (Å²) >= 11 is 0. The number of rotatable bonds is 10. The van der Waals surface area contributed by atoms with Crippen molar-refractivity contribution in [1.82, 2.24) is 10.0 Å². The summed E-state index contributed by atoms with van der Waals surface area (Å²) in [5.41, 5.74) is 0. The highest BCUT2D eigenvalue weighted by atomic mass is 32.2. The van der Waals surface area contributed by atoms with Crippen LogP contribution in [0.2, 0.25) is 0 Å². The van der Waals surface area contributed by atoms with E-state index in [1.54, 1.807) is 0 Å². The fraction of sp³-hybridized carbons (Fsp3) is 1.00. The van der Waals surface area contributed by atoms with E-state index in [1.165, 1.54) is 12.8 Å². The van der Waals surface area contributed by atoms with E-state index < -0.39 is 10.0 Å². The molecule has 1 atom stereocenters. The Labute approximate surface area is 112 Å². The van der Waals surface area contributed by atoms with Crippen molar-refractivity contribution in [3.8, 4) is 0 Å². The molecule has 108 valence electrons. The monoisotopic (exact) mass is 276 g/mol. The van der Waals surface area contributed by atoms with Crippen LogP contribution in [0.5, 0.6) is 0 Å². The van der Waals surface area contributed by atoms with Gasteiger partial charge in [-0.3, -0.25) is 0 Å². The highest BCUT2D eigenvalue weighted by molar-refractivity contribution is 7.89. The second-order valence-corrected chi connectivity index (χ2v) is 7.56. The molecular formula is C13H28N2O2S. The van der Waals surface area contributed by atoms with Crippen molar-refractivity contribution in [2.24, 2.45) is 5.92 Å². The Morgan fingerprint density at radius 1 is 1.28 bits per heavy atom. The molecule has 1 aliphatic rings. The van der Waals surface area contributed by atoms with E-state index in [0.29, 0.717) is 12.5 Å². The van der Waals surface area contributed by atoms with E-state index in [0.717, 1.165) is 25.3 Å². The van der Waals surface area contributed by atoms with E-state index >= 15 is 0 Å². The SMILES string of the molecule is CCC(CC1CC1)NS(=O)(=O)CCCNC(C)C. The predicted octanol–water partition coefficient (Wildman–Crippen LogP) is 1.87. The Bertz CT molecular complexity index is 324. The molecule has 0 aromatic carbocycles. The van der Waals surface area contributed by atoms with E-state index in [1.807, 2.05) is 0 Å². The maximum absolute atomic E-state index is 11.9. The molecule has 1 fully saturated rings. The lowest BCUT2D eigenvalue weighted by atomic mass is 10.1. The standard InChI is InChI=1S/C13H28N2O2S/c1-4-13(10-12-6-7-12)15-18(16,17)9-5-8-14-11(2)3/h11-15H,4-10H2,1-3H3. The Morgan fingerprint density at radius 2 is 1.94 bits per heavy atom. The fourth-order valence-electron chi connectivity index (χ4n) is 2.02. The third kappa shape index (κ3) is 7.34. The van der Waals surface area contributed by atoms with E-state index in [2.05, 4.69) is 30.8 Å². The average Bonchev–Trinajstić information content (AvgIpc) is 3.07. The number of nitrogens with one attached hydrogen (secondary N) is 2. The summed E-state index contributed by atoms with van der Waals surface area (Å²) in [5.74, 6) is 0.994. The van der Waals surface area contributed by atoms with Gasteiger partial charge in [0.05, 0.1) is 5.75 Å². The quantitative estimate of drug-likeness (QED) is 0.599. The molecular weight excluding hydrogens is 248 g/mol. The van der Waals surface area contributed by atoms with Crippen LogP contribution in [0, 0.1) is 5.92 Å². The maximum atomic E-state index is 11.9. The highest BCUT2D eigenvalue weighted by Gasteiger charge is 2.26. The van der Waals surface area contributed by atoms with Crippen LogP contribution in [-0.2, 0) is 10.0 Å². The van der Waals surface area contributed by atoms with Gasteiger partial charge in [-0.1, -0.05) is 33.6 Å². The fourth-order valence-corrected chi connectivity index (χ4v) is 3.43. The Balaban J connectivity index is 2.23. The topological polar surface area (TPSA) is 58.2 Å². The summed E-state index contributed by atoms with van der Waals surface area (Å²) in [5, 5.41) is 3.24.